The van der Waals surface area contributed by atoms with Crippen LogP contribution in [0.5, 0.6) is 0 Å². The van der Waals surface area contributed by atoms with Gasteiger partial charge in [0.25, 0.3) is 0 Å². The highest BCUT2D eigenvalue weighted by Gasteiger charge is 2.19. The first-order chi connectivity index (χ1) is 5.37. The largest absolute Gasteiger partial charge is 0.447 e. The number of nitrogens with two attached hydrogens (primary N) is 1. The molecule has 0 radical (unpaired) electrons. The van der Waals surface area contributed by atoms with E-state index in [1.165, 1.54) is 0 Å². The number of alkyl carbamates (subject to hydrolysis) is 1. The second-order valence-electron chi connectivity index (χ2n) is 3.67. The Labute approximate surface area is 73.5 Å². The first kappa shape index (κ1) is 11.2. The smallest absolute Gasteiger partial charge is 0.407 e. The summed E-state index contributed by atoms with van der Waals surface area (Å²) in [6, 6.07) is 0. The van der Waals surface area contributed by atoms with Crippen LogP contribution in [-0.4, -0.2) is 24.3 Å². The summed E-state index contributed by atoms with van der Waals surface area (Å²) in [5.74, 6) is 0. The van der Waals surface area contributed by atoms with Crippen molar-refractivity contribution >= 4 is 6.09 Å². The average Bonchev–Trinajstić information content (AvgIpc) is 1.84. The highest BCUT2D eigenvalue weighted by Crippen LogP contribution is 1.99. The standard InChI is InChI=1S/C8H18N2O2/c1-6(2)12-7(11)10-8(3,4)5-9/h6H,5,9H2,1-4H3,(H,10,11). The van der Waals surface area contributed by atoms with E-state index in [-0.39, 0.29) is 6.10 Å². The van der Waals surface area contributed by atoms with E-state index in [9.17, 15) is 4.79 Å². The molecule has 12 heavy (non-hydrogen) atoms. The van der Waals surface area contributed by atoms with Crippen LogP contribution in [-0.2, 0) is 4.74 Å². The number of carbonyl (C=O) groups is 1. The maximum Gasteiger partial charge on any atom is 0.407 e. The summed E-state index contributed by atoms with van der Waals surface area (Å²) in [5.41, 5.74) is 5.02. The number of ether oxygens (including phenoxy) is 1. The molecule has 0 fully saturated rings. The van der Waals surface area contributed by atoms with Gasteiger partial charge in [-0.05, 0) is 27.7 Å². The van der Waals surface area contributed by atoms with Crippen LogP contribution < -0.4 is 11.1 Å². The van der Waals surface area contributed by atoms with Crippen molar-refractivity contribution in [2.75, 3.05) is 6.54 Å². The zero-order valence-electron chi connectivity index (χ0n) is 8.18. The van der Waals surface area contributed by atoms with Crippen LogP contribution in [0.3, 0.4) is 0 Å². The third-order valence-electron chi connectivity index (χ3n) is 1.29. The van der Waals surface area contributed by atoms with Gasteiger partial charge in [0.1, 0.15) is 0 Å². The maximum absolute atomic E-state index is 11.0. The van der Waals surface area contributed by atoms with Crippen LogP contribution in [0.4, 0.5) is 4.79 Å². The molecule has 72 valence electrons. The lowest BCUT2D eigenvalue weighted by Crippen LogP contribution is -2.49. The van der Waals surface area contributed by atoms with E-state index >= 15 is 0 Å². The van der Waals surface area contributed by atoms with Crippen molar-refractivity contribution in [2.45, 2.75) is 39.3 Å². The van der Waals surface area contributed by atoms with E-state index < -0.39 is 11.6 Å². The third kappa shape index (κ3) is 4.96. The molecule has 0 aromatic heterocycles. The van der Waals surface area contributed by atoms with Gasteiger partial charge in [-0.25, -0.2) is 4.79 Å². The summed E-state index contributed by atoms with van der Waals surface area (Å²) in [4.78, 5) is 11.0. The Morgan fingerprint density at radius 3 is 2.42 bits per heavy atom. The second-order valence-corrected chi connectivity index (χ2v) is 3.67. The van der Waals surface area contributed by atoms with Crippen molar-refractivity contribution in [1.82, 2.24) is 5.32 Å². The molecule has 0 spiro atoms. The van der Waals surface area contributed by atoms with Gasteiger partial charge in [0, 0.05) is 12.1 Å². The van der Waals surface area contributed by atoms with Crippen molar-refractivity contribution in [3.05, 3.63) is 0 Å². The molecule has 0 unspecified atom stereocenters. The van der Waals surface area contributed by atoms with Crippen molar-refractivity contribution in [2.24, 2.45) is 5.73 Å². The molecule has 0 aromatic rings. The Morgan fingerprint density at radius 1 is 1.58 bits per heavy atom. The molecule has 0 saturated carbocycles. The molecule has 0 saturated heterocycles. The highest BCUT2D eigenvalue weighted by atomic mass is 16.6. The number of carbonyl (C=O) groups excluding carboxylic acids is 1. The molecule has 0 atom stereocenters. The Balaban J connectivity index is 3.84. The predicted molar refractivity (Wildman–Crippen MR) is 47.9 cm³/mol. The Kier molecular flexibility index (Phi) is 4.03. The molecule has 0 aliphatic carbocycles. The van der Waals surface area contributed by atoms with Crippen LogP contribution >= 0.6 is 0 Å². The minimum absolute atomic E-state index is 0.0985. The number of amides is 1. The fraction of sp³-hybridized carbons (Fsp3) is 0.875. The summed E-state index contributed by atoms with van der Waals surface area (Å²) in [7, 11) is 0. The number of nitrogens with one attached hydrogen (secondary N) is 1. The zero-order valence-corrected chi connectivity index (χ0v) is 8.18. The van der Waals surface area contributed by atoms with Gasteiger partial charge >= 0.3 is 6.09 Å². The van der Waals surface area contributed by atoms with Gasteiger partial charge in [-0.1, -0.05) is 0 Å². The second kappa shape index (κ2) is 4.30. The minimum Gasteiger partial charge on any atom is -0.447 e. The summed E-state index contributed by atoms with van der Waals surface area (Å²) in [6.07, 6.45) is -0.515. The van der Waals surface area contributed by atoms with Gasteiger partial charge in [0.15, 0.2) is 0 Å². The minimum atomic E-state index is -0.416. The maximum atomic E-state index is 11.0. The normalized spacial score (nSPS) is 11.5. The topological polar surface area (TPSA) is 64.3 Å². The molecule has 4 heteroatoms. The van der Waals surface area contributed by atoms with Crippen LogP contribution in [0.15, 0.2) is 0 Å². The first-order valence-corrected chi connectivity index (χ1v) is 4.06. The first-order valence-electron chi connectivity index (χ1n) is 4.06. The molecule has 0 aliphatic rings. The molecule has 1 amide bonds. The van der Waals surface area contributed by atoms with E-state index in [1.807, 2.05) is 13.8 Å². The molecular weight excluding hydrogens is 156 g/mol. The summed E-state index contributed by atoms with van der Waals surface area (Å²) < 4.78 is 4.88. The third-order valence-corrected chi connectivity index (χ3v) is 1.29. The Morgan fingerprint density at radius 2 is 2.08 bits per heavy atom. The van der Waals surface area contributed by atoms with Gasteiger partial charge in [-0.2, -0.15) is 0 Å². The number of rotatable bonds is 3. The highest BCUT2D eigenvalue weighted by molar-refractivity contribution is 5.68. The van der Waals surface area contributed by atoms with Crippen LogP contribution in [0.1, 0.15) is 27.7 Å². The molecule has 0 aliphatic heterocycles. The van der Waals surface area contributed by atoms with E-state index in [1.54, 1.807) is 13.8 Å². The van der Waals surface area contributed by atoms with E-state index in [0.29, 0.717) is 6.54 Å². The van der Waals surface area contributed by atoms with Crippen LogP contribution in [0.2, 0.25) is 0 Å². The van der Waals surface area contributed by atoms with Crippen molar-refractivity contribution in [3.8, 4) is 0 Å². The Hall–Kier alpha value is -0.770. The SMILES string of the molecule is CC(C)OC(=O)NC(C)(C)CN. The summed E-state index contributed by atoms with van der Waals surface area (Å²) in [5, 5.41) is 2.65. The lowest BCUT2D eigenvalue weighted by Gasteiger charge is -2.24. The monoisotopic (exact) mass is 174 g/mol. The van der Waals surface area contributed by atoms with Gasteiger partial charge in [-0.3, -0.25) is 0 Å². The lowest BCUT2D eigenvalue weighted by atomic mass is 10.1. The zero-order chi connectivity index (χ0) is 9.78. The van der Waals surface area contributed by atoms with Crippen molar-refractivity contribution in [1.29, 1.82) is 0 Å². The van der Waals surface area contributed by atoms with Crippen molar-refractivity contribution < 1.29 is 9.53 Å². The average molecular weight is 174 g/mol. The van der Waals surface area contributed by atoms with Gasteiger partial charge < -0.3 is 15.8 Å². The molecule has 0 bridgehead atoms. The van der Waals surface area contributed by atoms with Crippen LogP contribution in [0, 0.1) is 0 Å². The van der Waals surface area contributed by atoms with E-state index in [0.717, 1.165) is 0 Å². The molecular formula is C8H18N2O2. The van der Waals surface area contributed by atoms with E-state index in [4.69, 9.17) is 10.5 Å². The van der Waals surface area contributed by atoms with E-state index in [2.05, 4.69) is 5.32 Å². The fourth-order valence-electron chi connectivity index (χ4n) is 0.571. The summed E-state index contributed by atoms with van der Waals surface area (Å²) >= 11 is 0. The quantitative estimate of drug-likeness (QED) is 0.667. The molecule has 0 heterocycles. The number of hydrogen-bond acceptors (Lipinski definition) is 3. The van der Waals surface area contributed by atoms with Crippen molar-refractivity contribution in [3.63, 3.8) is 0 Å². The Bertz CT molecular complexity index is 155. The molecule has 3 N–H and O–H groups in total. The molecule has 0 aromatic carbocycles. The fourth-order valence-corrected chi connectivity index (χ4v) is 0.571. The predicted octanol–water partition coefficient (Wildman–Crippen LogP) is 0.858. The van der Waals surface area contributed by atoms with Crippen LogP contribution in [0.25, 0.3) is 0 Å². The van der Waals surface area contributed by atoms with Gasteiger partial charge in [-0.15, -0.1) is 0 Å². The van der Waals surface area contributed by atoms with Gasteiger partial charge in [0.05, 0.1) is 6.10 Å². The number of hydrogen-bond donors (Lipinski definition) is 2. The molecule has 0 rings (SSSR count). The lowest BCUT2D eigenvalue weighted by molar-refractivity contribution is 0.107. The molecule has 4 nitrogen and oxygen atoms in total. The summed E-state index contributed by atoms with van der Waals surface area (Å²) in [6.45, 7) is 7.67. The van der Waals surface area contributed by atoms with Gasteiger partial charge in [0.2, 0.25) is 0 Å².